The van der Waals surface area contributed by atoms with Gasteiger partial charge in [0.1, 0.15) is 0 Å². The molecule has 0 atom stereocenters. The first-order valence-corrected chi connectivity index (χ1v) is 9.05. The van der Waals surface area contributed by atoms with Crippen LogP contribution in [0.3, 0.4) is 0 Å². The first-order valence-electron chi connectivity index (χ1n) is 9.05. The normalized spacial score (nSPS) is 20.8. The van der Waals surface area contributed by atoms with Crippen molar-refractivity contribution >= 4 is 11.7 Å². The van der Waals surface area contributed by atoms with Crippen LogP contribution in [0, 0.1) is 30.6 Å². The summed E-state index contributed by atoms with van der Waals surface area (Å²) < 4.78 is 0. The van der Waals surface area contributed by atoms with Gasteiger partial charge >= 0.3 is 5.97 Å². The average Bonchev–Trinajstić information content (AvgIpc) is 2.58. The van der Waals surface area contributed by atoms with Crippen molar-refractivity contribution in [2.75, 3.05) is 18.0 Å². The summed E-state index contributed by atoms with van der Waals surface area (Å²) in [5.74, 6) is 2.48. The minimum Gasteiger partial charge on any atom is -0.481 e. The van der Waals surface area contributed by atoms with E-state index in [2.05, 4.69) is 29.9 Å². The Balaban J connectivity index is 1.61. The lowest BCUT2D eigenvalue weighted by molar-refractivity contribution is -0.138. The molecule has 1 aliphatic heterocycles. The number of anilines is 1. The number of hydrogen-bond donors (Lipinski definition) is 1. The molecule has 3 heteroatoms. The van der Waals surface area contributed by atoms with Crippen LogP contribution in [-0.4, -0.2) is 24.2 Å². The van der Waals surface area contributed by atoms with Gasteiger partial charge in [-0.2, -0.15) is 0 Å². The second kappa shape index (κ2) is 6.89. The van der Waals surface area contributed by atoms with E-state index in [9.17, 15) is 4.79 Å². The van der Waals surface area contributed by atoms with Crippen LogP contribution in [0.4, 0.5) is 5.69 Å². The van der Waals surface area contributed by atoms with E-state index in [1.165, 1.54) is 36.9 Å². The number of carboxylic acid groups (broad SMARTS) is 1. The maximum atomic E-state index is 10.9. The van der Waals surface area contributed by atoms with Gasteiger partial charge in [-0.05, 0) is 74.5 Å². The lowest BCUT2D eigenvalue weighted by Crippen LogP contribution is -2.42. The van der Waals surface area contributed by atoms with E-state index in [-0.39, 0.29) is 0 Å². The van der Waals surface area contributed by atoms with Crippen LogP contribution in [0.15, 0.2) is 18.2 Å². The zero-order valence-corrected chi connectivity index (χ0v) is 14.6. The average molecular weight is 325 g/mol. The van der Waals surface area contributed by atoms with E-state index in [1.807, 2.05) is 6.07 Å². The van der Waals surface area contributed by atoms with Crippen LogP contribution < -0.4 is 4.90 Å². The number of piperidine rings is 1. The highest BCUT2D eigenvalue weighted by molar-refractivity contribution is 5.67. The highest BCUT2D eigenvalue weighted by Crippen LogP contribution is 2.47. The number of benzene rings is 1. The number of hydrogen-bond acceptors (Lipinski definition) is 2. The molecule has 0 bridgehead atoms. The monoisotopic (exact) mass is 325 g/mol. The maximum absolute atomic E-state index is 10.9. The molecule has 1 saturated heterocycles. The number of aryl methyl sites for hydroxylation is 1. The lowest BCUT2D eigenvalue weighted by atomic mass is 9.65. The third kappa shape index (κ3) is 3.59. The number of terminal acetylenes is 1. The first kappa shape index (κ1) is 16.9. The molecule has 1 spiro atoms. The predicted molar refractivity (Wildman–Crippen MR) is 97.2 cm³/mol. The molecule has 3 rings (SSSR count). The van der Waals surface area contributed by atoms with Crippen LogP contribution in [0.1, 0.15) is 56.1 Å². The summed E-state index contributed by atoms with van der Waals surface area (Å²) in [5, 5.41) is 8.98. The van der Waals surface area contributed by atoms with Gasteiger partial charge in [0.2, 0.25) is 0 Å². The molecule has 2 aliphatic rings. The van der Waals surface area contributed by atoms with Gasteiger partial charge in [-0.15, -0.1) is 6.42 Å². The fourth-order valence-electron chi connectivity index (χ4n) is 4.50. The Kier molecular flexibility index (Phi) is 4.85. The van der Waals surface area contributed by atoms with Crippen LogP contribution in [0.5, 0.6) is 0 Å². The highest BCUT2D eigenvalue weighted by Gasteiger charge is 2.38. The van der Waals surface area contributed by atoms with Crippen molar-refractivity contribution < 1.29 is 9.90 Å². The zero-order chi connectivity index (χ0) is 17.2. The molecule has 128 valence electrons. The Morgan fingerprint density at radius 3 is 2.54 bits per heavy atom. The van der Waals surface area contributed by atoms with Crippen molar-refractivity contribution in [3.05, 3.63) is 29.3 Å². The molecule has 0 aromatic heterocycles. The van der Waals surface area contributed by atoms with E-state index in [1.54, 1.807) is 0 Å². The second-order valence-electron chi connectivity index (χ2n) is 7.67. The Bertz CT molecular complexity index is 640. The molecule has 0 unspecified atom stereocenters. The van der Waals surface area contributed by atoms with Gasteiger partial charge in [-0.25, -0.2) is 0 Å². The van der Waals surface area contributed by atoms with E-state index in [0.29, 0.717) is 17.8 Å². The summed E-state index contributed by atoms with van der Waals surface area (Å²) in [6.07, 6.45) is 12.9. The molecule has 2 fully saturated rings. The largest absolute Gasteiger partial charge is 0.481 e. The van der Waals surface area contributed by atoms with Gasteiger partial charge in [-0.1, -0.05) is 12.0 Å². The van der Waals surface area contributed by atoms with E-state index in [0.717, 1.165) is 31.5 Å². The predicted octanol–water partition coefficient (Wildman–Crippen LogP) is 4.23. The molecule has 1 heterocycles. The standard InChI is InChI=1S/C21H27NO2/c1-3-17-5-4-16(2)19(14-17)22-12-10-21(11-13-22)8-6-18(7-9-21)15-20(23)24/h1,4-5,14,18H,6-13,15H2,2H3,(H,23,24). The minimum atomic E-state index is -0.644. The number of carboxylic acids is 1. The van der Waals surface area contributed by atoms with Crippen molar-refractivity contribution in [2.24, 2.45) is 11.3 Å². The summed E-state index contributed by atoms with van der Waals surface area (Å²) in [4.78, 5) is 13.4. The molecule has 0 amide bonds. The van der Waals surface area contributed by atoms with E-state index in [4.69, 9.17) is 11.5 Å². The molecule has 24 heavy (non-hydrogen) atoms. The lowest BCUT2D eigenvalue weighted by Gasteiger charge is -2.46. The van der Waals surface area contributed by atoms with Crippen LogP contribution in [0.25, 0.3) is 0 Å². The Hall–Kier alpha value is -1.95. The summed E-state index contributed by atoms with van der Waals surface area (Å²) in [7, 11) is 0. The van der Waals surface area contributed by atoms with Crippen molar-refractivity contribution in [2.45, 2.75) is 51.9 Å². The summed E-state index contributed by atoms with van der Waals surface area (Å²) in [5.41, 5.74) is 3.96. The fourth-order valence-corrected chi connectivity index (χ4v) is 4.50. The molecule has 1 N–H and O–H groups in total. The van der Waals surface area contributed by atoms with Crippen molar-refractivity contribution in [1.29, 1.82) is 0 Å². The minimum absolute atomic E-state index is 0.348. The summed E-state index contributed by atoms with van der Waals surface area (Å²) in [6, 6.07) is 6.26. The molecule has 1 saturated carbocycles. The molecular weight excluding hydrogens is 298 g/mol. The first-order chi connectivity index (χ1) is 11.5. The van der Waals surface area contributed by atoms with Gasteiger partial charge < -0.3 is 10.0 Å². The molecule has 1 aliphatic carbocycles. The fraction of sp³-hybridized carbons (Fsp3) is 0.571. The summed E-state index contributed by atoms with van der Waals surface area (Å²) in [6.45, 7) is 4.31. The van der Waals surface area contributed by atoms with Crippen LogP contribution in [0.2, 0.25) is 0 Å². The number of rotatable bonds is 3. The number of carbonyl (C=O) groups is 1. The van der Waals surface area contributed by atoms with Crippen molar-refractivity contribution in [3.63, 3.8) is 0 Å². The Labute approximate surface area is 145 Å². The topological polar surface area (TPSA) is 40.5 Å². The third-order valence-corrected chi connectivity index (χ3v) is 6.17. The van der Waals surface area contributed by atoms with Gasteiger partial charge in [0.15, 0.2) is 0 Å². The van der Waals surface area contributed by atoms with Gasteiger partial charge in [0, 0.05) is 30.8 Å². The third-order valence-electron chi connectivity index (χ3n) is 6.17. The quantitative estimate of drug-likeness (QED) is 0.846. The van der Waals surface area contributed by atoms with Crippen LogP contribution in [-0.2, 0) is 4.79 Å². The molecular formula is C21H27NO2. The SMILES string of the molecule is C#Cc1ccc(C)c(N2CCC3(CCC(CC(=O)O)CC3)CC2)c1. The second-order valence-corrected chi connectivity index (χ2v) is 7.67. The van der Waals surface area contributed by atoms with E-state index >= 15 is 0 Å². The van der Waals surface area contributed by atoms with Gasteiger partial charge in [-0.3, -0.25) is 4.79 Å². The molecule has 1 aromatic carbocycles. The Morgan fingerprint density at radius 2 is 1.96 bits per heavy atom. The Morgan fingerprint density at radius 1 is 1.29 bits per heavy atom. The van der Waals surface area contributed by atoms with Crippen molar-refractivity contribution in [3.8, 4) is 12.3 Å². The van der Waals surface area contributed by atoms with Gasteiger partial charge in [0.25, 0.3) is 0 Å². The molecule has 3 nitrogen and oxygen atoms in total. The molecule has 0 radical (unpaired) electrons. The number of aliphatic carboxylic acids is 1. The van der Waals surface area contributed by atoms with Gasteiger partial charge in [0.05, 0.1) is 0 Å². The van der Waals surface area contributed by atoms with Crippen LogP contribution >= 0.6 is 0 Å². The highest BCUT2D eigenvalue weighted by atomic mass is 16.4. The maximum Gasteiger partial charge on any atom is 0.303 e. The smallest absolute Gasteiger partial charge is 0.303 e. The number of nitrogens with zero attached hydrogens (tertiary/aromatic N) is 1. The summed E-state index contributed by atoms with van der Waals surface area (Å²) >= 11 is 0. The van der Waals surface area contributed by atoms with E-state index < -0.39 is 5.97 Å². The zero-order valence-electron chi connectivity index (χ0n) is 14.6. The van der Waals surface area contributed by atoms with Crippen molar-refractivity contribution in [1.82, 2.24) is 0 Å². The molecule has 1 aromatic rings.